The molecule has 7 heteroatoms. The lowest BCUT2D eigenvalue weighted by Crippen LogP contribution is -2.51. The molecule has 0 bridgehead atoms. The highest BCUT2D eigenvalue weighted by atomic mass is 35.5. The van der Waals surface area contributed by atoms with Gasteiger partial charge < -0.3 is 10.6 Å². The lowest BCUT2D eigenvalue weighted by atomic mass is 9.84. The van der Waals surface area contributed by atoms with Crippen molar-refractivity contribution in [1.82, 2.24) is 10.6 Å². The van der Waals surface area contributed by atoms with Crippen molar-refractivity contribution in [2.45, 2.75) is 44.8 Å². The Morgan fingerprint density at radius 1 is 1.30 bits per heavy atom. The van der Waals surface area contributed by atoms with Gasteiger partial charge in [0, 0.05) is 12.0 Å². The smallest absolute Gasteiger partial charge is 0.353 e. The van der Waals surface area contributed by atoms with Crippen LogP contribution >= 0.6 is 12.4 Å². The Balaban J connectivity index is 0.00000200. The first kappa shape index (κ1) is 17.6. The first-order chi connectivity index (χ1) is 8.88. The number of carbonyl (C=O) groups excluding carboxylic acids is 1. The summed E-state index contributed by atoms with van der Waals surface area (Å²) in [6, 6.07) is -0.316. The SMILES string of the molecule is CC(C(=O)NC1CCCC(C(F)(F)F)C1)C1CNC1.Cl. The highest BCUT2D eigenvalue weighted by Gasteiger charge is 2.42. The van der Waals surface area contributed by atoms with Crippen LogP contribution in [-0.2, 0) is 4.79 Å². The molecule has 1 saturated carbocycles. The van der Waals surface area contributed by atoms with E-state index < -0.39 is 12.1 Å². The van der Waals surface area contributed by atoms with Crippen molar-refractivity contribution in [3.05, 3.63) is 0 Å². The van der Waals surface area contributed by atoms with E-state index in [0.717, 1.165) is 13.1 Å². The number of nitrogens with one attached hydrogen (secondary N) is 2. The van der Waals surface area contributed by atoms with E-state index in [4.69, 9.17) is 0 Å². The van der Waals surface area contributed by atoms with Crippen molar-refractivity contribution in [2.75, 3.05) is 13.1 Å². The van der Waals surface area contributed by atoms with Gasteiger partial charge in [0.1, 0.15) is 0 Å². The molecule has 118 valence electrons. The molecular formula is C13H22ClF3N2O. The third-order valence-electron chi connectivity index (χ3n) is 4.42. The Hall–Kier alpha value is -0.490. The molecule has 2 aliphatic rings. The summed E-state index contributed by atoms with van der Waals surface area (Å²) >= 11 is 0. The maximum absolute atomic E-state index is 12.7. The summed E-state index contributed by atoms with van der Waals surface area (Å²) in [5, 5.41) is 5.90. The molecular weight excluding hydrogens is 293 g/mol. The number of hydrogen-bond acceptors (Lipinski definition) is 2. The summed E-state index contributed by atoms with van der Waals surface area (Å²) in [5.74, 6) is -1.15. The standard InChI is InChI=1S/C13H21F3N2O.ClH/c1-8(9-6-17-7-9)12(19)18-11-4-2-3-10(5-11)13(14,15)16;/h8-11,17H,2-7H2,1H3,(H,18,19);1H. The van der Waals surface area contributed by atoms with Gasteiger partial charge in [-0.25, -0.2) is 0 Å². The van der Waals surface area contributed by atoms with Crippen molar-refractivity contribution in [3.63, 3.8) is 0 Å². The van der Waals surface area contributed by atoms with Crippen molar-refractivity contribution in [2.24, 2.45) is 17.8 Å². The molecule has 1 heterocycles. The summed E-state index contributed by atoms with van der Waals surface area (Å²) in [6.45, 7) is 3.50. The Kier molecular flexibility index (Phi) is 6.13. The molecule has 0 radical (unpaired) electrons. The zero-order valence-corrected chi connectivity index (χ0v) is 12.3. The maximum atomic E-state index is 12.7. The van der Waals surface area contributed by atoms with Crippen LogP contribution in [-0.4, -0.2) is 31.2 Å². The number of carbonyl (C=O) groups is 1. The fraction of sp³-hybridized carbons (Fsp3) is 0.923. The quantitative estimate of drug-likeness (QED) is 0.840. The van der Waals surface area contributed by atoms with E-state index in [-0.39, 0.29) is 43.1 Å². The summed E-state index contributed by atoms with van der Waals surface area (Å²) in [4.78, 5) is 12.0. The summed E-state index contributed by atoms with van der Waals surface area (Å²) in [5.41, 5.74) is 0. The van der Waals surface area contributed by atoms with Gasteiger partial charge in [-0.1, -0.05) is 13.3 Å². The van der Waals surface area contributed by atoms with Crippen LogP contribution in [0.5, 0.6) is 0 Å². The molecule has 1 saturated heterocycles. The monoisotopic (exact) mass is 314 g/mol. The summed E-state index contributed by atoms with van der Waals surface area (Å²) in [7, 11) is 0. The van der Waals surface area contributed by atoms with Crippen LogP contribution in [0.4, 0.5) is 13.2 Å². The fourth-order valence-corrected chi connectivity index (χ4v) is 2.83. The Labute approximate surface area is 123 Å². The predicted molar refractivity (Wildman–Crippen MR) is 72.7 cm³/mol. The average Bonchev–Trinajstić information content (AvgIpc) is 2.25. The third kappa shape index (κ3) is 4.25. The lowest BCUT2D eigenvalue weighted by molar-refractivity contribution is -0.184. The van der Waals surface area contributed by atoms with E-state index in [2.05, 4.69) is 10.6 Å². The molecule has 3 unspecified atom stereocenters. The number of halogens is 4. The van der Waals surface area contributed by atoms with Gasteiger partial charge >= 0.3 is 6.18 Å². The first-order valence-electron chi connectivity index (χ1n) is 6.95. The molecule has 1 aliphatic heterocycles. The molecule has 1 aliphatic carbocycles. The highest BCUT2D eigenvalue weighted by molar-refractivity contribution is 5.85. The number of hydrogen-bond donors (Lipinski definition) is 2. The lowest BCUT2D eigenvalue weighted by Gasteiger charge is -2.35. The van der Waals surface area contributed by atoms with E-state index in [9.17, 15) is 18.0 Å². The minimum atomic E-state index is -4.13. The van der Waals surface area contributed by atoms with Gasteiger partial charge in [-0.3, -0.25) is 4.79 Å². The highest BCUT2D eigenvalue weighted by Crippen LogP contribution is 2.37. The second-order valence-corrected chi connectivity index (χ2v) is 5.82. The zero-order chi connectivity index (χ0) is 14.0. The van der Waals surface area contributed by atoms with Crippen molar-refractivity contribution in [1.29, 1.82) is 0 Å². The number of alkyl halides is 3. The average molecular weight is 315 g/mol. The molecule has 0 aromatic carbocycles. The third-order valence-corrected chi connectivity index (χ3v) is 4.42. The first-order valence-corrected chi connectivity index (χ1v) is 6.95. The normalized spacial score (nSPS) is 29.0. The molecule has 3 nitrogen and oxygen atoms in total. The largest absolute Gasteiger partial charge is 0.391 e. The Bertz CT molecular complexity index is 334. The van der Waals surface area contributed by atoms with E-state index in [1.54, 1.807) is 0 Å². The Morgan fingerprint density at radius 2 is 1.95 bits per heavy atom. The predicted octanol–water partition coefficient (Wildman–Crippen LogP) is 2.50. The molecule has 2 rings (SSSR count). The molecule has 2 N–H and O–H groups in total. The molecule has 2 fully saturated rings. The minimum Gasteiger partial charge on any atom is -0.353 e. The van der Waals surface area contributed by atoms with Gasteiger partial charge in [0.25, 0.3) is 0 Å². The number of rotatable bonds is 3. The van der Waals surface area contributed by atoms with Gasteiger partial charge in [0.2, 0.25) is 5.91 Å². The molecule has 0 spiro atoms. The van der Waals surface area contributed by atoms with E-state index in [1.165, 1.54) is 0 Å². The van der Waals surface area contributed by atoms with Crippen LogP contribution in [0.3, 0.4) is 0 Å². The molecule has 3 atom stereocenters. The maximum Gasteiger partial charge on any atom is 0.391 e. The van der Waals surface area contributed by atoms with Crippen LogP contribution in [0.1, 0.15) is 32.6 Å². The van der Waals surface area contributed by atoms with E-state index in [0.29, 0.717) is 18.8 Å². The minimum absolute atomic E-state index is 0. The zero-order valence-electron chi connectivity index (χ0n) is 11.5. The van der Waals surface area contributed by atoms with Crippen molar-refractivity contribution in [3.8, 4) is 0 Å². The van der Waals surface area contributed by atoms with Crippen molar-refractivity contribution >= 4 is 18.3 Å². The van der Waals surface area contributed by atoms with E-state index >= 15 is 0 Å². The molecule has 1 amide bonds. The Morgan fingerprint density at radius 3 is 2.45 bits per heavy atom. The summed E-state index contributed by atoms with van der Waals surface area (Å²) in [6.07, 6.45) is -2.71. The van der Waals surface area contributed by atoms with Gasteiger partial charge in [-0.05, 0) is 38.3 Å². The second-order valence-electron chi connectivity index (χ2n) is 5.82. The molecule has 0 aromatic heterocycles. The fourth-order valence-electron chi connectivity index (χ4n) is 2.83. The van der Waals surface area contributed by atoms with Crippen LogP contribution < -0.4 is 10.6 Å². The van der Waals surface area contributed by atoms with Gasteiger partial charge in [0.15, 0.2) is 0 Å². The van der Waals surface area contributed by atoms with Gasteiger partial charge in [0.05, 0.1) is 5.92 Å². The summed E-state index contributed by atoms with van der Waals surface area (Å²) < 4.78 is 38.0. The van der Waals surface area contributed by atoms with Crippen LogP contribution in [0.2, 0.25) is 0 Å². The van der Waals surface area contributed by atoms with E-state index in [1.807, 2.05) is 6.92 Å². The van der Waals surface area contributed by atoms with Gasteiger partial charge in [-0.2, -0.15) is 13.2 Å². The van der Waals surface area contributed by atoms with Crippen LogP contribution in [0, 0.1) is 17.8 Å². The number of amides is 1. The molecule has 20 heavy (non-hydrogen) atoms. The second kappa shape index (κ2) is 6.98. The topological polar surface area (TPSA) is 41.1 Å². The van der Waals surface area contributed by atoms with Crippen LogP contribution in [0.25, 0.3) is 0 Å². The van der Waals surface area contributed by atoms with Gasteiger partial charge in [-0.15, -0.1) is 12.4 Å². The van der Waals surface area contributed by atoms with Crippen molar-refractivity contribution < 1.29 is 18.0 Å². The molecule has 0 aromatic rings. The van der Waals surface area contributed by atoms with Crippen LogP contribution in [0.15, 0.2) is 0 Å².